The summed E-state index contributed by atoms with van der Waals surface area (Å²) in [5.74, 6) is -0.0676. The fourth-order valence-corrected chi connectivity index (χ4v) is 2.31. The van der Waals surface area contributed by atoms with Crippen molar-refractivity contribution in [1.82, 2.24) is 10.3 Å². The first-order valence-electron chi connectivity index (χ1n) is 7.88. The lowest BCUT2D eigenvalue weighted by atomic mass is 10.2. The molecule has 0 bridgehead atoms. The molecule has 1 aromatic carbocycles. The van der Waals surface area contributed by atoms with Crippen molar-refractivity contribution in [2.75, 3.05) is 12.4 Å². The SMILES string of the molecule is COC(=O)c1cccc(Nc2ccnc(C(=O)NCc3ccco3)c2)c1. The summed E-state index contributed by atoms with van der Waals surface area (Å²) in [6, 6.07) is 13.8. The molecule has 0 radical (unpaired) electrons. The van der Waals surface area contributed by atoms with Crippen LogP contribution in [0.1, 0.15) is 26.6 Å². The van der Waals surface area contributed by atoms with Crippen molar-refractivity contribution in [3.63, 3.8) is 0 Å². The fraction of sp³-hybridized carbons (Fsp3) is 0.105. The van der Waals surface area contributed by atoms with E-state index in [2.05, 4.69) is 15.6 Å². The van der Waals surface area contributed by atoms with E-state index in [1.54, 1.807) is 48.7 Å². The van der Waals surface area contributed by atoms with Crippen LogP contribution >= 0.6 is 0 Å². The second-order valence-electron chi connectivity index (χ2n) is 5.39. The minimum Gasteiger partial charge on any atom is -0.467 e. The van der Waals surface area contributed by atoms with Crippen LogP contribution in [0.4, 0.5) is 11.4 Å². The molecule has 0 aliphatic heterocycles. The minimum atomic E-state index is -0.415. The van der Waals surface area contributed by atoms with Crippen LogP contribution in [0.3, 0.4) is 0 Å². The predicted molar refractivity (Wildman–Crippen MR) is 95.2 cm³/mol. The van der Waals surface area contributed by atoms with E-state index in [9.17, 15) is 9.59 Å². The Morgan fingerprint density at radius 3 is 2.73 bits per heavy atom. The van der Waals surface area contributed by atoms with Gasteiger partial charge >= 0.3 is 5.97 Å². The number of benzene rings is 1. The Kier molecular flexibility index (Phi) is 5.28. The number of carbonyl (C=O) groups excluding carboxylic acids is 2. The van der Waals surface area contributed by atoms with Gasteiger partial charge in [0, 0.05) is 17.6 Å². The second-order valence-corrected chi connectivity index (χ2v) is 5.39. The molecule has 3 aromatic rings. The number of nitrogens with one attached hydrogen (secondary N) is 2. The van der Waals surface area contributed by atoms with Gasteiger partial charge in [0.15, 0.2) is 0 Å². The molecular weight excluding hydrogens is 334 g/mol. The molecular formula is C19H17N3O4. The summed E-state index contributed by atoms with van der Waals surface area (Å²) in [6.07, 6.45) is 3.08. The number of hydrogen-bond acceptors (Lipinski definition) is 6. The number of furan rings is 1. The van der Waals surface area contributed by atoms with Crippen molar-refractivity contribution in [1.29, 1.82) is 0 Å². The normalized spacial score (nSPS) is 10.2. The molecule has 0 saturated carbocycles. The van der Waals surface area contributed by atoms with Crippen molar-refractivity contribution >= 4 is 23.3 Å². The molecule has 2 aromatic heterocycles. The van der Waals surface area contributed by atoms with Gasteiger partial charge in [0.1, 0.15) is 11.5 Å². The summed E-state index contributed by atoms with van der Waals surface area (Å²) >= 11 is 0. The second kappa shape index (κ2) is 7.98. The van der Waals surface area contributed by atoms with Crippen LogP contribution in [0.25, 0.3) is 0 Å². The van der Waals surface area contributed by atoms with Gasteiger partial charge in [0.05, 0.1) is 25.5 Å². The largest absolute Gasteiger partial charge is 0.467 e. The zero-order valence-corrected chi connectivity index (χ0v) is 14.1. The number of ether oxygens (including phenoxy) is 1. The van der Waals surface area contributed by atoms with Gasteiger partial charge < -0.3 is 19.8 Å². The molecule has 26 heavy (non-hydrogen) atoms. The number of carbonyl (C=O) groups is 2. The van der Waals surface area contributed by atoms with Crippen LogP contribution in [0, 0.1) is 0 Å². The molecule has 0 atom stereocenters. The monoisotopic (exact) mass is 351 g/mol. The summed E-state index contributed by atoms with van der Waals surface area (Å²) in [7, 11) is 1.33. The maximum absolute atomic E-state index is 12.2. The van der Waals surface area contributed by atoms with E-state index in [1.165, 1.54) is 13.3 Å². The Morgan fingerprint density at radius 2 is 1.96 bits per heavy atom. The number of pyridine rings is 1. The molecule has 2 N–H and O–H groups in total. The molecule has 132 valence electrons. The van der Waals surface area contributed by atoms with Gasteiger partial charge in [-0.1, -0.05) is 6.07 Å². The van der Waals surface area contributed by atoms with E-state index in [0.717, 1.165) is 0 Å². The first-order chi connectivity index (χ1) is 12.7. The van der Waals surface area contributed by atoms with Crippen LogP contribution in [0.2, 0.25) is 0 Å². The molecule has 7 heteroatoms. The van der Waals surface area contributed by atoms with Gasteiger partial charge in [-0.05, 0) is 42.5 Å². The standard InChI is InChI=1S/C19H17N3O4/c1-25-19(24)13-4-2-5-14(10-13)22-15-7-8-20-17(11-15)18(23)21-12-16-6-3-9-26-16/h2-11H,12H2,1H3,(H,20,22)(H,21,23). The number of hydrogen-bond donors (Lipinski definition) is 2. The zero-order valence-electron chi connectivity index (χ0n) is 14.1. The van der Waals surface area contributed by atoms with Crippen LogP contribution in [0.15, 0.2) is 65.4 Å². The van der Waals surface area contributed by atoms with Gasteiger partial charge in [-0.15, -0.1) is 0 Å². The Balaban J connectivity index is 1.69. The Labute approximate surface area is 150 Å². The number of esters is 1. The number of amides is 1. The van der Waals surface area contributed by atoms with Crippen LogP contribution in [-0.2, 0) is 11.3 Å². The van der Waals surface area contributed by atoms with E-state index < -0.39 is 5.97 Å². The van der Waals surface area contributed by atoms with Crippen LogP contribution < -0.4 is 10.6 Å². The number of nitrogens with zero attached hydrogens (tertiary/aromatic N) is 1. The average molecular weight is 351 g/mol. The minimum absolute atomic E-state index is 0.269. The summed E-state index contributed by atoms with van der Waals surface area (Å²) in [6.45, 7) is 0.284. The highest BCUT2D eigenvalue weighted by Crippen LogP contribution is 2.18. The molecule has 0 aliphatic carbocycles. The van der Waals surface area contributed by atoms with Crippen molar-refractivity contribution in [2.45, 2.75) is 6.54 Å². The van der Waals surface area contributed by atoms with E-state index in [1.807, 2.05) is 6.07 Å². The summed E-state index contributed by atoms with van der Waals surface area (Å²) in [4.78, 5) is 27.9. The quantitative estimate of drug-likeness (QED) is 0.663. The first-order valence-corrected chi connectivity index (χ1v) is 7.88. The lowest BCUT2D eigenvalue weighted by Gasteiger charge is -2.09. The van der Waals surface area contributed by atoms with Crippen LogP contribution in [-0.4, -0.2) is 24.0 Å². The summed E-state index contributed by atoms with van der Waals surface area (Å²) < 4.78 is 9.89. The molecule has 7 nitrogen and oxygen atoms in total. The lowest BCUT2D eigenvalue weighted by molar-refractivity contribution is 0.0600. The molecule has 0 saturated heterocycles. The molecule has 1 amide bonds. The first kappa shape index (κ1) is 17.2. The highest BCUT2D eigenvalue weighted by Gasteiger charge is 2.10. The van der Waals surface area contributed by atoms with Gasteiger partial charge in [-0.3, -0.25) is 9.78 Å². The Morgan fingerprint density at radius 1 is 1.12 bits per heavy atom. The molecule has 0 unspecified atom stereocenters. The van der Waals surface area contributed by atoms with Crippen molar-refractivity contribution in [3.8, 4) is 0 Å². The van der Waals surface area contributed by atoms with E-state index in [0.29, 0.717) is 22.7 Å². The van der Waals surface area contributed by atoms with Crippen LogP contribution in [0.5, 0.6) is 0 Å². The number of rotatable bonds is 6. The van der Waals surface area contributed by atoms with Gasteiger partial charge in [-0.2, -0.15) is 0 Å². The maximum atomic E-state index is 12.2. The third-order valence-corrected chi connectivity index (χ3v) is 3.57. The smallest absolute Gasteiger partial charge is 0.337 e. The molecule has 2 heterocycles. The topological polar surface area (TPSA) is 93.5 Å². The third-order valence-electron chi connectivity index (χ3n) is 3.57. The maximum Gasteiger partial charge on any atom is 0.337 e. The van der Waals surface area contributed by atoms with E-state index in [-0.39, 0.29) is 18.1 Å². The van der Waals surface area contributed by atoms with Gasteiger partial charge in [0.25, 0.3) is 5.91 Å². The zero-order chi connectivity index (χ0) is 18.4. The van der Waals surface area contributed by atoms with Crippen molar-refractivity contribution < 1.29 is 18.7 Å². The average Bonchev–Trinajstić information content (AvgIpc) is 3.19. The predicted octanol–water partition coefficient (Wildman–Crippen LogP) is 3.13. The van der Waals surface area contributed by atoms with Crippen molar-refractivity contribution in [2.24, 2.45) is 0 Å². The lowest BCUT2D eigenvalue weighted by Crippen LogP contribution is -2.23. The highest BCUT2D eigenvalue weighted by molar-refractivity contribution is 5.93. The summed E-state index contributed by atoms with van der Waals surface area (Å²) in [5, 5.41) is 5.88. The third kappa shape index (κ3) is 4.27. The molecule has 0 fully saturated rings. The molecule has 3 rings (SSSR count). The van der Waals surface area contributed by atoms with E-state index >= 15 is 0 Å². The van der Waals surface area contributed by atoms with Gasteiger partial charge in [0.2, 0.25) is 0 Å². The van der Waals surface area contributed by atoms with E-state index in [4.69, 9.17) is 9.15 Å². The number of aromatic nitrogens is 1. The molecule has 0 spiro atoms. The molecule has 0 aliphatic rings. The highest BCUT2D eigenvalue weighted by atomic mass is 16.5. The van der Waals surface area contributed by atoms with Gasteiger partial charge in [-0.25, -0.2) is 4.79 Å². The Bertz CT molecular complexity index is 907. The van der Waals surface area contributed by atoms with Crippen molar-refractivity contribution in [3.05, 3.63) is 78.0 Å². The Hall–Kier alpha value is -3.61. The number of methoxy groups -OCH3 is 1. The summed E-state index contributed by atoms with van der Waals surface area (Å²) in [5.41, 5.74) is 2.07. The number of anilines is 2. The fourth-order valence-electron chi connectivity index (χ4n) is 2.31.